The molecule has 1 aromatic carbocycles. The summed E-state index contributed by atoms with van der Waals surface area (Å²) < 4.78 is 55.2. The number of pyridine rings is 1. The minimum absolute atomic E-state index is 0.00894. The second-order valence-electron chi connectivity index (χ2n) is 8.50. The highest BCUT2D eigenvalue weighted by atomic mass is 19.3. The number of amidine groups is 1. The number of carbonyl (C=O) groups is 2. The van der Waals surface area contributed by atoms with E-state index in [0.717, 1.165) is 29.3 Å². The summed E-state index contributed by atoms with van der Waals surface area (Å²) in [6, 6.07) is 5.77. The van der Waals surface area contributed by atoms with Crippen molar-refractivity contribution in [3.63, 3.8) is 0 Å². The Kier molecular flexibility index (Phi) is 6.09. The maximum atomic E-state index is 14.1. The minimum Gasteiger partial charge on any atom is -0.480 e. The third-order valence-electron chi connectivity index (χ3n) is 6.00. The first kappa shape index (κ1) is 24.3. The molecule has 0 amide bonds. The van der Waals surface area contributed by atoms with Crippen LogP contribution in [0.4, 0.5) is 17.6 Å². The van der Waals surface area contributed by atoms with Gasteiger partial charge in [-0.15, -0.1) is 0 Å². The number of nitrogens with zero attached hydrogens (tertiary/aromatic N) is 3. The number of hydrogen-bond acceptors (Lipinski definition) is 6. The molecule has 0 saturated carbocycles. The van der Waals surface area contributed by atoms with E-state index in [1.165, 1.54) is 25.1 Å². The van der Waals surface area contributed by atoms with Gasteiger partial charge in [-0.2, -0.15) is 0 Å². The van der Waals surface area contributed by atoms with Gasteiger partial charge in [-0.05, 0) is 36.8 Å². The number of carboxylic acids is 2. The number of rotatable bonds is 6. The van der Waals surface area contributed by atoms with E-state index in [9.17, 15) is 37.4 Å². The van der Waals surface area contributed by atoms with Gasteiger partial charge in [0.1, 0.15) is 28.9 Å². The lowest BCUT2D eigenvalue weighted by Gasteiger charge is -2.36. The smallest absolute Gasteiger partial charge is 0.336 e. The molecule has 2 aliphatic rings. The van der Waals surface area contributed by atoms with Crippen molar-refractivity contribution in [2.24, 2.45) is 4.99 Å². The van der Waals surface area contributed by atoms with E-state index in [-0.39, 0.29) is 28.4 Å². The van der Waals surface area contributed by atoms with Gasteiger partial charge < -0.3 is 15.5 Å². The highest BCUT2D eigenvalue weighted by Crippen LogP contribution is 2.40. The number of likely N-dealkylation sites (tertiary alicyclic amines) is 1. The Labute approximate surface area is 196 Å². The van der Waals surface area contributed by atoms with E-state index in [4.69, 9.17) is 0 Å². The predicted molar refractivity (Wildman–Crippen MR) is 115 cm³/mol. The summed E-state index contributed by atoms with van der Waals surface area (Å²) in [7, 11) is 0. The van der Waals surface area contributed by atoms with Crippen molar-refractivity contribution in [3.05, 3.63) is 76.8 Å². The molecule has 4 rings (SSSR count). The summed E-state index contributed by atoms with van der Waals surface area (Å²) in [6.07, 6.45) is 0.0000613. The van der Waals surface area contributed by atoms with Crippen molar-refractivity contribution in [2.75, 3.05) is 13.1 Å². The average molecular weight is 492 g/mol. The fourth-order valence-electron chi connectivity index (χ4n) is 4.38. The molecule has 8 nitrogen and oxygen atoms in total. The Hall–Kier alpha value is -3.80. The summed E-state index contributed by atoms with van der Waals surface area (Å²) in [4.78, 5) is 33.5. The van der Waals surface area contributed by atoms with Crippen LogP contribution in [-0.2, 0) is 15.1 Å². The Morgan fingerprint density at radius 1 is 1.11 bits per heavy atom. The zero-order valence-corrected chi connectivity index (χ0v) is 18.3. The molecule has 0 aliphatic carbocycles. The number of aliphatic imine (C=N–C) groups is 1. The number of halogens is 4. The van der Waals surface area contributed by atoms with E-state index in [1.54, 1.807) is 0 Å². The van der Waals surface area contributed by atoms with Crippen molar-refractivity contribution in [2.45, 2.75) is 30.8 Å². The third kappa shape index (κ3) is 4.74. The number of nitrogens with one attached hydrogen (secondary N) is 1. The van der Waals surface area contributed by atoms with Crippen LogP contribution < -0.4 is 5.32 Å². The van der Waals surface area contributed by atoms with Crippen molar-refractivity contribution in [1.82, 2.24) is 15.2 Å². The minimum atomic E-state index is -3.28. The van der Waals surface area contributed by atoms with Crippen molar-refractivity contribution in [1.29, 1.82) is 0 Å². The van der Waals surface area contributed by atoms with E-state index in [0.29, 0.717) is 0 Å². The molecule has 1 fully saturated rings. The maximum Gasteiger partial charge on any atom is 0.336 e. The molecule has 0 radical (unpaired) electrons. The van der Waals surface area contributed by atoms with Crippen molar-refractivity contribution in [3.8, 4) is 0 Å². The van der Waals surface area contributed by atoms with E-state index < -0.39 is 60.6 Å². The Morgan fingerprint density at radius 3 is 2.34 bits per heavy atom. The summed E-state index contributed by atoms with van der Waals surface area (Å²) in [5.41, 5.74) is -1.68. The van der Waals surface area contributed by atoms with Crippen LogP contribution in [-0.4, -0.2) is 62.9 Å². The average Bonchev–Trinajstić information content (AvgIpc) is 3.08. The van der Waals surface area contributed by atoms with Gasteiger partial charge in [0.05, 0.1) is 18.3 Å². The van der Waals surface area contributed by atoms with Crippen LogP contribution in [0, 0.1) is 11.6 Å². The molecular weight excluding hydrogens is 472 g/mol. The van der Waals surface area contributed by atoms with Crippen molar-refractivity contribution >= 4 is 17.8 Å². The molecule has 2 aliphatic heterocycles. The molecule has 35 heavy (non-hydrogen) atoms. The largest absolute Gasteiger partial charge is 0.480 e. The van der Waals surface area contributed by atoms with Crippen LogP contribution in [0.3, 0.4) is 0 Å². The van der Waals surface area contributed by atoms with Gasteiger partial charge in [-0.1, -0.05) is 12.1 Å². The van der Waals surface area contributed by atoms with E-state index in [2.05, 4.69) is 15.3 Å². The lowest BCUT2D eigenvalue weighted by Crippen LogP contribution is -2.46. The number of alkyl halides is 2. The lowest BCUT2D eigenvalue weighted by atomic mass is 9.82. The highest BCUT2D eigenvalue weighted by molar-refractivity contribution is 6.03. The molecule has 12 heteroatoms. The fraction of sp³-hybridized carbons (Fsp3) is 0.304. The van der Waals surface area contributed by atoms with E-state index in [1.807, 2.05) is 0 Å². The summed E-state index contributed by atoms with van der Waals surface area (Å²) >= 11 is 0. The summed E-state index contributed by atoms with van der Waals surface area (Å²) in [6.45, 7) is 0.0725. The normalized spacial score (nSPS) is 24.1. The van der Waals surface area contributed by atoms with Crippen LogP contribution in [0.1, 0.15) is 24.6 Å². The monoisotopic (exact) mass is 492 g/mol. The van der Waals surface area contributed by atoms with Gasteiger partial charge >= 0.3 is 11.9 Å². The second-order valence-corrected chi connectivity index (χ2v) is 8.50. The Balaban J connectivity index is 1.86. The third-order valence-corrected chi connectivity index (χ3v) is 6.00. The standard InChI is InChI=1S/C23H20F4N4O4/c1-22(12-2-4-13(24)5-3-12)18(21(34)35)16(10-31-11-23(26,27)8-17(31)20(32)33)29-19(30-22)15-7-6-14(25)9-28-15/h2-7,9,17H,8,10-11H2,1H3,(H,29,30)(H,32,33)(H,34,35). The number of aliphatic carboxylic acids is 2. The first-order valence-electron chi connectivity index (χ1n) is 10.5. The fourth-order valence-corrected chi connectivity index (χ4v) is 4.38. The second kappa shape index (κ2) is 8.77. The van der Waals surface area contributed by atoms with Crippen LogP contribution in [0.2, 0.25) is 0 Å². The van der Waals surface area contributed by atoms with E-state index >= 15 is 0 Å². The molecule has 1 saturated heterocycles. The zero-order valence-electron chi connectivity index (χ0n) is 18.3. The molecule has 3 N–H and O–H groups in total. The van der Waals surface area contributed by atoms with Gasteiger partial charge in [0.15, 0.2) is 5.84 Å². The van der Waals surface area contributed by atoms with Gasteiger partial charge in [0.25, 0.3) is 5.92 Å². The lowest BCUT2D eigenvalue weighted by molar-refractivity contribution is -0.142. The van der Waals surface area contributed by atoms with Gasteiger partial charge in [-0.3, -0.25) is 9.69 Å². The van der Waals surface area contributed by atoms with Crippen LogP contribution in [0.25, 0.3) is 0 Å². The topological polar surface area (TPSA) is 115 Å². The predicted octanol–water partition coefficient (Wildman–Crippen LogP) is 2.76. The number of benzene rings is 1. The maximum absolute atomic E-state index is 14.1. The van der Waals surface area contributed by atoms with Crippen LogP contribution >= 0.6 is 0 Å². The Bertz CT molecular complexity index is 1230. The molecule has 184 valence electrons. The first-order chi connectivity index (χ1) is 16.4. The SMILES string of the molecule is CC1(c2ccc(F)cc2)N=C(c2ccc(F)cn2)NC(CN2CC(F)(F)CC2C(=O)O)=C1C(=O)O. The summed E-state index contributed by atoms with van der Waals surface area (Å²) in [5.74, 6) is -7.37. The number of aromatic nitrogens is 1. The molecule has 1 aromatic heterocycles. The molecule has 3 heterocycles. The first-order valence-corrected chi connectivity index (χ1v) is 10.5. The van der Waals surface area contributed by atoms with Crippen LogP contribution in [0.5, 0.6) is 0 Å². The van der Waals surface area contributed by atoms with Gasteiger partial charge in [-0.25, -0.2) is 32.3 Å². The number of carboxylic acid groups (broad SMARTS) is 2. The highest BCUT2D eigenvalue weighted by Gasteiger charge is 2.50. The van der Waals surface area contributed by atoms with Crippen LogP contribution in [0.15, 0.2) is 58.9 Å². The molecule has 2 aromatic rings. The van der Waals surface area contributed by atoms with Gasteiger partial charge in [0.2, 0.25) is 0 Å². The van der Waals surface area contributed by atoms with Gasteiger partial charge in [0, 0.05) is 18.7 Å². The number of hydrogen-bond donors (Lipinski definition) is 3. The summed E-state index contributed by atoms with van der Waals surface area (Å²) in [5, 5.41) is 22.3. The van der Waals surface area contributed by atoms with Crippen molar-refractivity contribution < 1.29 is 37.4 Å². The molecule has 0 spiro atoms. The zero-order chi connectivity index (χ0) is 25.5. The molecule has 0 bridgehead atoms. The molecular formula is C23H20F4N4O4. The quantitative estimate of drug-likeness (QED) is 0.532. The Morgan fingerprint density at radius 2 is 1.77 bits per heavy atom. The molecule has 2 atom stereocenters. The molecule has 2 unspecified atom stereocenters.